The molecule has 0 spiro atoms. The summed E-state index contributed by atoms with van der Waals surface area (Å²) in [5.74, 6) is 0.218. The zero-order chi connectivity index (χ0) is 11.1. The Labute approximate surface area is 87.2 Å². The maximum absolute atomic E-state index is 10.5. The van der Waals surface area contributed by atoms with Crippen molar-refractivity contribution in [3.63, 3.8) is 0 Å². The van der Waals surface area contributed by atoms with E-state index >= 15 is 0 Å². The Morgan fingerprint density at radius 3 is 2.50 bits per heavy atom. The second-order valence-corrected chi connectivity index (χ2v) is 2.69. The van der Waals surface area contributed by atoms with Gasteiger partial charge in [-0.05, 0) is 11.6 Å². The Morgan fingerprint density at radius 2 is 2.14 bits per heavy atom. The fourth-order valence-electron chi connectivity index (χ4n) is 0.608. The lowest BCUT2D eigenvalue weighted by Crippen LogP contribution is -2.05. The molecule has 0 fully saturated rings. The lowest BCUT2D eigenvalue weighted by molar-refractivity contribution is -0.420. The van der Waals surface area contributed by atoms with Crippen LogP contribution in [0.2, 0.25) is 0 Å². The van der Waals surface area contributed by atoms with Gasteiger partial charge < -0.3 is 5.73 Å². The summed E-state index contributed by atoms with van der Waals surface area (Å²) in [6.07, 6.45) is 3.91. The standard InChI is InChI=1S/C9H11ClN2O2/c1-3-8(11)9(12(13)14)5-4-7(2)6-10/h3-5H,1-2,6,11H2/b5-4+,9-8-. The van der Waals surface area contributed by atoms with Gasteiger partial charge in [0.05, 0.1) is 4.92 Å². The summed E-state index contributed by atoms with van der Waals surface area (Å²) >= 11 is 5.44. The summed E-state index contributed by atoms with van der Waals surface area (Å²) in [6, 6.07) is 0. The van der Waals surface area contributed by atoms with Crippen LogP contribution in [0.1, 0.15) is 0 Å². The predicted molar refractivity (Wildman–Crippen MR) is 57.4 cm³/mol. The van der Waals surface area contributed by atoms with Crippen LogP contribution in [0, 0.1) is 10.1 Å². The van der Waals surface area contributed by atoms with Crippen molar-refractivity contribution in [1.82, 2.24) is 0 Å². The number of hydrogen-bond acceptors (Lipinski definition) is 3. The van der Waals surface area contributed by atoms with E-state index in [-0.39, 0.29) is 17.3 Å². The summed E-state index contributed by atoms with van der Waals surface area (Å²) in [5.41, 5.74) is 5.72. The van der Waals surface area contributed by atoms with Crippen LogP contribution in [-0.4, -0.2) is 10.8 Å². The molecule has 0 amide bonds. The summed E-state index contributed by atoms with van der Waals surface area (Å²) in [4.78, 5) is 9.92. The van der Waals surface area contributed by atoms with Gasteiger partial charge in [-0.1, -0.05) is 19.2 Å². The molecule has 2 N–H and O–H groups in total. The van der Waals surface area contributed by atoms with Crippen molar-refractivity contribution >= 4 is 11.6 Å². The minimum Gasteiger partial charge on any atom is -0.393 e. The third-order valence-corrected chi connectivity index (χ3v) is 1.70. The molecule has 0 atom stereocenters. The molecule has 5 heteroatoms. The lowest BCUT2D eigenvalue weighted by atomic mass is 10.2. The summed E-state index contributed by atoms with van der Waals surface area (Å²) in [6.45, 7) is 6.90. The number of nitro groups is 1. The van der Waals surface area contributed by atoms with Crippen LogP contribution >= 0.6 is 11.6 Å². The van der Waals surface area contributed by atoms with Gasteiger partial charge in [0.1, 0.15) is 5.70 Å². The van der Waals surface area contributed by atoms with Gasteiger partial charge in [0, 0.05) is 12.0 Å². The highest BCUT2D eigenvalue weighted by molar-refractivity contribution is 6.19. The highest BCUT2D eigenvalue weighted by Crippen LogP contribution is 2.06. The van der Waals surface area contributed by atoms with Crippen LogP contribution in [0.15, 0.2) is 48.4 Å². The second kappa shape index (κ2) is 5.99. The van der Waals surface area contributed by atoms with Crippen molar-refractivity contribution < 1.29 is 4.92 Å². The Hall–Kier alpha value is -1.55. The molecule has 0 aliphatic carbocycles. The largest absolute Gasteiger partial charge is 0.393 e. The average molecular weight is 215 g/mol. The van der Waals surface area contributed by atoms with Crippen molar-refractivity contribution in [3.05, 3.63) is 58.5 Å². The molecule has 0 aliphatic heterocycles. The van der Waals surface area contributed by atoms with Crippen molar-refractivity contribution in [2.24, 2.45) is 5.73 Å². The van der Waals surface area contributed by atoms with Crippen LogP contribution in [0.3, 0.4) is 0 Å². The topological polar surface area (TPSA) is 69.2 Å². The molecular weight excluding hydrogens is 204 g/mol. The van der Waals surface area contributed by atoms with E-state index in [9.17, 15) is 10.1 Å². The molecule has 0 aromatic carbocycles. The third kappa shape index (κ3) is 3.91. The fraction of sp³-hybridized carbons (Fsp3) is 0.111. The molecule has 0 bridgehead atoms. The molecule has 0 saturated carbocycles. The van der Waals surface area contributed by atoms with Crippen molar-refractivity contribution in [1.29, 1.82) is 0 Å². The fourth-order valence-corrected chi connectivity index (χ4v) is 0.697. The van der Waals surface area contributed by atoms with Gasteiger partial charge in [-0.25, -0.2) is 0 Å². The number of hydrogen-bond donors (Lipinski definition) is 1. The first kappa shape index (κ1) is 12.4. The zero-order valence-corrected chi connectivity index (χ0v) is 8.33. The Kier molecular flexibility index (Phi) is 5.33. The van der Waals surface area contributed by atoms with E-state index in [1.807, 2.05) is 0 Å². The zero-order valence-electron chi connectivity index (χ0n) is 7.57. The summed E-state index contributed by atoms with van der Waals surface area (Å²) < 4.78 is 0. The monoisotopic (exact) mass is 214 g/mol. The third-order valence-electron chi connectivity index (χ3n) is 1.36. The van der Waals surface area contributed by atoms with Gasteiger partial charge in [-0.2, -0.15) is 0 Å². The summed E-state index contributed by atoms with van der Waals surface area (Å²) in [7, 11) is 0. The van der Waals surface area contributed by atoms with E-state index in [0.29, 0.717) is 5.57 Å². The van der Waals surface area contributed by atoms with Gasteiger partial charge in [-0.3, -0.25) is 10.1 Å². The normalized spacial score (nSPS) is 12.4. The van der Waals surface area contributed by atoms with E-state index < -0.39 is 4.92 Å². The van der Waals surface area contributed by atoms with Gasteiger partial charge in [0.25, 0.3) is 5.70 Å². The Balaban J connectivity index is 4.90. The molecule has 0 aromatic rings. The minimum atomic E-state index is -0.588. The Morgan fingerprint density at radius 1 is 1.57 bits per heavy atom. The van der Waals surface area contributed by atoms with Crippen LogP contribution in [0.25, 0.3) is 0 Å². The van der Waals surface area contributed by atoms with Gasteiger partial charge >= 0.3 is 0 Å². The molecule has 14 heavy (non-hydrogen) atoms. The van der Waals surface area contributed by atoms with Gasteiger partial charge in [0.15, 0.2) is 0 Å². The minimum absolute atomic E-state index is 0.00798. The number of rotatable bonds is 5. The number of nitrogens with zero attached hydrogens (tertiary/aromatic N) is 1. The van der Waals surface area contributed by atoms with Crippen molar-refractivity contribution in [2.75, 3.05) is 5.88 Å². The molecule has 0 radical (unpaired) electrons. The van der Waals surface area contributed by atoms with Crippen molar-refractivity contribution in [2.45, 2.75) is 0 Å². The first-order valence-electron chi connectivity index (χ1n) is 3.71. The molecule has 0 heterocycles. The smallest absolute Gasteiger partial charge is 0.292 e. The molecule has 4 nitrogen and oxygen atoms in total. The van der Waals surface area contributed by atoms with Crippen molar-refractivity contribution in [3.8, 4) is 0 Å². The van der Waals surface area contributed by atoms with Crippen LogP contribution in [0.4, 0.5) is 0 Å². The molecule has 76 valence electrons. The second-order valence-electron chi connectivity index (χ2n) is 2.43. The van der Waals surface area contributed by atoms with E-state index in [2.05, 4.69) is 13.2 Å². The molecule has 0 unspecified atom stereocenters. The molecule has 0 rings (SSSR count). The van der Waals surface area contributed by atoms with E-state index in [4.69, 9.17) is 17.3 Å². The van der Waals surface area contributed by atoms with E-state index in [1.165, 1.54) is 18.2 Å². The van der Waals surface area contributed by atoms with E-state index in [0.717, 1.165) is 0 Å². The maximum Gasteiger partial charge on any atom is 0.292 e. The quantitative estimate of drug-likeness (QED) is 0.329. The van der Waals surface area contributed by atoms with Gasteiger partial charge in [-0.15, -0.1) is 11.6 Å². The first-order chi connectivity index (χ1) is 6.52. The SMILES string of the molecule is C=C/C(N)=C(\C=C\C(=C)CCl)[N+](=O)[O-]. The number of nitrogens with two attached hydrogens (primary N) is 1. The highest BCUT2D eigenvalue weighted by Gasteiger charge is 2.09. The maximum atomic E-state index is 10.5. The van der Waals surface area contributed by atoms with Crippen LogP contribution in [-0.2, 0) is 0 Å². The van der Waals surface area contributed by atoms with Crippen LogP contribution < -0.4 is 5.73 Å². The molecular formula is C9H11ClN2O2. The molecule has 0 aliphatic rings. The number of halogens is 1. The lowest BCUT2D eigenvalue weighted by Gasteiger charge is -1.95. The Bertz CT molecular complexity index is 319. The summed E-state index contributed by atoms with van der Waals surface area (Å²) in [5, 5.41) is 10.5. The van der Waals surface area contributed by atoms with E-state index in [1.54, 1.807) is 0 Å². The number of alkyl halides is 1. The first-order valence-corrected chi connectivity index (χ1v) is 4.24. The number of allylic oxidation sites excluding steroid dienone is 4. The van der Waals surface area contributed by atoms with Crippen LogP contribution in [0.5, 0.6) is 0 Å². The molecule has 0 aromatic heterocycles. The average Bonchev–Trinajstić information content (AvgIpc) is 2.16. The predicted octanol–water partition coefficient (Wildman–Crippen LogP) is 1.97. The highest BCUT2D eigenvalue weighted by atomic mass is 35.5. The molecule has 0 saturated heterocycles. The van der Waals surface area contributed by atoms with Gasteiger partial charge in [0.2, 0.25) is 0 Å².